The molecular weight excluding hydrogens is 370 g/mol. The Hall–Kier alpha value is -3.13. The van der Waals surface area contributed by atoms with Crippen molar-refractivity contribution in [3.8, 4) is 28.6 Å². The van der Waals surface area contributed by atoms with Crippen molar-refractivity contribution in [3.05, 3.63) is 48.0 Å². The number of benzene rings is 1. The number of fused-ring (bicyclic) bond motifs is 1. The van der Waals surface area contributed by atoms with Crippen molar-refractivity contribution >= 4 is 0 Å². The molecule has 0 spiro atoms. The number of nitrogens with zero attached hydrogens (tertiary/aromatic N) is 5. The number of hydrogen-bond acceptors (Lipinski definition) is 7. The van der Waals surface area contributed by atoms with Gasteiger partial charge in [-0.1, -0.05) is 6.07 Å². The van der Waals surface area contributed by atoms with Crippen molar-refractivity contribution in [2.45, 2.75) is 26.6 Å². The van der Waals surface area contributed by atoms with Gasteiger partial charge in [0.05, 0.1) is 26.5 Å². The Bertz CT molecular complexity index is 988. The number of ether oxygens (including phenoxy) is 3. The third-order valence-corrected chi connectivity index (χ3v) is 4.99. The molecule has 0 radical (unpaired) electrons. The summed E-state index contributed by atoms with van der Waals surface area (Å²) in [4.78, 5) is 11.3. The molecule has 152 valence electrons. The fraction of sp³-hybridized carbons (Fsp3) is 0.381. The molecule has 0 aliphatic carbocycles. The summed E-state index contributed by atoms with van der Waals surface area (Å²) in [5.74, 6) is 3.03. The summed E-state index contributed by atoms with van der Waals surface area (Å²) >= 11 is 0. The number of rotatable bonds is 6. The lowest BCUT2D eigenvalue weighted by Crippen LogP contribution is -2.27. The van der Waals surface area contributed by atoms with Crippen molar-refractivity contribution in [3.63, 3.8) is 0 Å². The van der Waals surface area contributed by atoms with Crippen LogP contribution in [0.15, 0.2) is 36.7 Å². The summed E-state index contributed by atoms with van der Waals surface area (Å²) in [6, 6.07) is 9.80. The lowest BCUT2D eigenvalue weighted by molar-refractivity contribution is 0.210. The van der Waals surface area contributed by atoms with Crippen LogP contribution in [0.2, 0.25) is 0 Å². The van der Waals surface area contributed by atoms with E-state index in [1.165, 1.54) is 0 Å². The Morgan fingerprint density at radius 3 is 2.86 bits per heavy atom. The van der Waals surface area contributed by atoms with Crippen LogP contribution in [0.5, 0.6) is 17.4 Å². The molecule has 0 unspecified atom stereocenters. The largest absolute Gasteiger partial charge is 0.493 e. The molecule has 8 nitrogen and oxygen atoms in total. The van der Waals surface area contributed by atoms with Crippen molar-refractivity contribution in [2.24, 2.45) is 0 Å². The number of pyridine rings is 1. The summed E-state index contributed by atoms with van der Waals surface area (Å²) < 4.78 is 18.9. The highest BCUT2D eigenvalue weighted by atomic mass is 16.5. The van der Waals surface area contributed by atoms with Crippen LogP contribution in [0.25, 0.3) is 11.3 Å². The quantitative estimate of drug-likeness (QED) is 0.635. The van der Waals surface area contributed by atoms with E-state index >= 15 is 0 Å². The molecule has 8 heteroatoms. The van der Waals surface area contributed by atoms with E-state index in [-0.39, 0.29) is 0 Å². The summed E-state index contributed by atoms with van der Waals surface area (Å²) in [7, 11) is 3.28. The molecule has 0 saturated carbocycles. The Labute approximate surface area is 170 Å². The van der Waals surface area contributed by atoms with Crippen LogP contribution in [0.3, 0.4) is 0 Å². The van der Waals surface area contributed by atoms with Gasteiger partial charge >= 0.3 is 0 Å². The predicted molar refractivity (Wildman–Crippen MR) is 108 cm³/mol. The second-order valence-corrected chi connectivity index (χ2v) is 6.78. The van der Waals surface area contributed by atoms with Gasteiger partial charge in [-0.25, -0.2) is 14.6 Å². The fourth-order valence-electron chi connectivity index (χ4n) is 3.54. The molecule has 4 rings (SSSR count). The maximum atomic E-state index is 6.06. The molecule has 2 aromatic heterocycles. The molecule has 29 heavy (non-hydrogen) atoms. The minimum Gasteiger partial charge on any atom is -0.493 e. The summed E-state index contributed by atoms with van der Waals surface area (Å²) in [6.45, 7) is 5.68. The van der Waals surface area contributed by atoms with E-state index < -0.39 is 0 Å². The molecule has 0 atom stereocenters. The average molecular weight is 395 g/mol. The fourth-order valence-corrected chi connectivity index (χ4v) is 3.54. The van der Waals surface area contributed by atoms with Crippen molar-refractivity contribution in [1.29, 1.82) is 0 Å². The molecule has 0 amide bonds. The summed E-state index contributed by atoms with van der Waals surface area (Å²) in [6.07, 6.45) is 1.61. The highest BCUT2D eigenvalue weighted by molar-refractivity contribution is 5.67. The van der Waals surface area contributed by atoms with Crippen LogP contribution in [0.4, 0.5) is 0 Å². The standard InChI is InChI=1S/C21H25N5O3/c1-4-26-19(22-14-23-26)13-25-8-9-29-21-16(12-25)10-15(11-18(21)27-2)17-6-5-7-20(24-17)28-3/h5-7,10-11,14H,4,8-9,12-13H2,1-3H3. The highest BCUT2D eigenvalue weighted by Gasteiger charge is 2.22. The minimum absolute atomic E-state index is 0.577. The zero-order chi connectivity index (χ0) is 20.2. The van der Waals surface area contributed by atoms with E-state index in [2.05, 4.69) is 33.0 Å². The smallest absolute Gasteiger partial charge is 0.213 e. The number of aryl methyl sites for hydroxylation is 1. The van der Waals surface area contributed by atoms with E-state index in [4.69, 9.17) is 14.2 Å². The maximum absolute atomic E-state index is 6.06. The molecule has 0 bridgehead atoms. The zero-order valence-electron chi connectivity index (χ0n) is 17.0. The van der Waals surface area contributed by atoms with Crippen LogP contribution >= 0.6 is 0 Å². The third-order valence-electron chi connectivity index (χ3n) is 4.99. The lowest BCUT2D eigenvalue weighted by Gasteiger charge is -2.19. The summed E-state index contributed by atoms with van der Waals surface area (Å²) in [5, 5.41) is 4.27. The van der Waals surface area contributed by atoms with Crippen LogP contribution in [-0.2, 0) is 19.6 Å². The number of hydrogen-bond donors (Lipinski definition) is 0. The maximum Gasteiger partial charge on any atom is 0.213 e. The Kier molecular flexibility index (Phi) is 5.62. The van der Waals surface area contributed by atoms with Crippen molar-refractivity contribution in [2.75, 3.05) is 27.4 Å². The number of methoxy groups -OCH3 is 2. The average Bonchev–Trinajstić information content (AvgIpc) is 3.10. The van der Waals surface area contributed by atoms with Gasteiger partial charge in [0.2, 0.25) is 5.88 Å². The number of aromatic nitrogens is 4. The Morgan fingerprint density at radius 1 is 1.17 bits per heavy atom. The predicted octanol–water partition coefficient (Wildman–Crippen LogP) is 2.77. The summed E-state index contributed by atoms with van der Waals surface area (Å²) in [5.41, 5.74) is 2.85. The van der Waals surface area contributed by atoms with E-state index in [0.29, 0.717) is 24.8 Å². The van der Waals surface area contributed by atoms with Gasteiger partial charge in [-0.2, -0.15) is 5.10 Å². The van der Waals surface area contributed by atoms with Crippen molar-refractivity contribution < 1.29 is 14.2 Å². The van der Waals surface area contributed by atoms with E-state index in [0.717, 1.165) is 48.0 Å². The molecule has 0 saturated heterocycles. The van der Waals surface area contributed by atoms with Gasteiger partial charge in [0.1, 0.15) is 18.8 Å². The molecule has 3 heterocycles. The van der Waals surface area contributed by atoms with Crippen LogP contribution in [0, 0.1) is 0 Å². The zero-order valence-corrected chi connectivity index (χ0v) is 17.0. The van der Waals surface area contributed by atoms with Crippen molar-refractivity contribution in [1.82, 2.24) is 24.6 Å². The van der Waals surface area contributed by atoms with Gasteiger partial charge in [0, 0.05) is 36.8 Å². The Morgan fingerprint density at radius 2 is 2.07 bits per heavy atom. The first-order valence-corrected chi connectivity index (χ1v) is 9.66. The topological polar surface area (TPSA) is 74.5 Å². The van der Waals surface area contributed by atoms with Gasteiger partial charge in [0.25, 0.3) is 0 Å². The molecule has 1 aliphatic heterocycles. The van der Waals surface area contributed by atoms with E-state index in [9.17, 15) is 0 Å². The minimum atomic E-state index is 0.577. The Balaban J connectivity index is 1.67. The van der Waals surface area contributed by atoms with Crippen LogP contribution in [-0.4, -0.2) is 52.0 Å². The molecule has 3 aromatic rings. The van der Waals surface area contributed by atoms with Gasteiger partial charge in [-0.15, -0.1) is 0 Å². The molecule has 0 N–H and O–H groups in total. The van der Waals surface area contributed by atoms with E-state index in [1.807, 2.05) is 28.9 Å². The molecule has 1 aliphatic rings. The third kappa shape index (κ3) is 4.02. The van der Waals surface area contributed by atoms with Crippen LogP contribution < -0.4 is 14.2 Å². The molecular formula is C21H25N5O3. The normalized spacial score (nSPS) is 14.0. The first kappa shape index (κ1) is 19.2. The SMILES string of the molecule is CCn1ncnc1CN1CCOc2c(cc(-c3cccc(OC)n3)cc2OC)C1. The second kappa shape index (κ2) is 8.48. The molecule has 0 fully saturated rings. The van der Waals surface area contributed by atoms with Crippen LogP contribution in [0.1, 0.15) is 18.3 Å². The van der Waals surface area contributed by atoms with E-state index in [1.54, 1.807) is 20.5 Å². The second-order valence-electron chi connectivity index (χ2n) is 6.78. The first-order valence-electron chi connectivity index (χ1n) is 9.66. The highest BCUT2D eigenvalue weighted by Crippen LogP contribution is 2.38. The molecule has 1 aromatic carbocycles. The van der Waals surface area contributed by atoms with Gasteiger partial charge < -0.3 is 14.2 Å². The monoisotopic (exact) mass is 395 g/mol. The lowest BCUT2D eigenvalue weighted by atomic mass is 10.0. The van der Waals surface area contributed by atoms with Gasteiger partial charge in [0.15, 0.2) is 11.5 Å². The van der Waals surface area contributed by atoms with Gasteiger partial charge in [-0.05, 0) is 25.1 Å². The first-order chi connectivity index (χ1) is 14.2. The van der Waals surface area contributed by atoms with Gasteiger partial charge in [-0.3, -0.25) is 4.90 Å².